The van der Waals surface area contributed by atoms with Gasteiger partial charge in [-0.25, -0.2) is 9.98 Å². The highest BCUT2D eigenvalue weighted by Crippen LogP contribution is 2.18. The first-order valence-electron chi connectivity index (χ1n) is 7.88. The summed E-state index contributed by atoms with van der Waals surface area (Å²) in [5.41, 5.74) is 2.41. The summed E-state index contributed by atoms with van der Waals surface area (Å²) in [6.45, 7) is 1.98. The van der Waals surface area contributed by atoms with Crippen LogP contribution in [0.2, 0.25) is 0 Å². The number of aromatic nitrogens is 1. The molecule has 3 amide bonds. The van der Waals surface area contributed by atoms with Crippen molar-refractivity contribution in [2.24, 2.45) is 10.9 Å². The van der Waals surface area contributed by atoms with Gasteiger partial charge in [0.25, 0.3) is 5.91 Å². The number of hydrogen-bond donors (Lipinski definition) is 2. The third kappa shape index (κ3) is 4.70. The number of anilines is 2. The van der Waals surface area contributed by atoms with E-state index < -0.39 is 5.92 Å². The van der Waals surface area contributed by atoms with Crippen LogP contribution < -0.4 is 10.6 Å². The molecule has 2 heterocycles. The summed E-state index contributed by atoms with van der Waals surface area (Å²) < 4.78 is 0. The number of nitrogens with one attached hydrogen (secondary N) is 2. The summed E-state index contributed by atoms with van der Waals surface area (Å²) in [5, 5.41) is 7.58. The predicted octanol–water partition coefficient (Wildman–Crippen LogP) is 2.35. The van der Waals surface area contributed by atoms with E-state index in [4.69, 9.17) is 0 Å². The number of rotatable bonds is 5. The largest absolute Gasteiger partial charge is 0.326 e. The summed E-state index contributed by atoms with van der Waals surface area (Å²) in [6, 6.07) is 7.51. The molecule has 132 valence electrons. The number of nitrogens with zero attached hydrogens (tertiary/aromatic N) is 2. The second-order valence-corrected chi connectivity index (χ2v) is 6.58. The number of thiazole rings is 1. The number of carbonyl (C=O) groups is 3. The maximum Gasteiger partial charge on any atom is 0.269 e. The maximum atomic E-state index is 12.1. The second kappa shape index (κ2) is 7.83. The highest BCUT2D eigenvalue weighted by atomic mass is 32.1. The van der Waals surface area contributed by atoms with E-state index in [0.29, 0.717) is 10.8 Å². The Bertz CT molecular complexity index is 883. The van der Waals surface area contributed by atoms with E-state index in [-0.39, 0.29) is 24.1 Å². The Morgan fingerprint density at radius 3 is 2.65 bits per heavy atom. The molecular weight excluding hydrogens is 352 g/mol. The Morgan fingerprint density at radius 1 is 1.19 bits per heavy atom. The van der Waals surface area contributed by atoms with Gasteiger partial charge in [-0.15, -0.1) is 11.3 Å². The van der Waals surface area contributed by atoms with Gasteiger partial charge >= 0.3 is 0 Å². The van der Waals surface area contributed by atoms with Crippen molar-refractivity contribution in [3.63, 3.8) is 0 Å². The fourth-order valence-corrected chi connectivity index (χ4v) is 2.94. The van der Waals surface area contributed by atoms with E-state index in [1.54, 1.807) is 5.38 Å². The summed E-state index contributed by atoms with van der Waals surface area (Å²) in [4.78, 5) is 43.0. The smallest absolute Gasteiger partial charge is 0.269 e. The van der Waals surface area contributed by atoms with Gasteiger partial charge < -0.3 is 10.6 Å². The molecule has 1 aliphatic rings. The Morgan fingerprint density at radius 2 is 1.96 bits per heavy atom. The van der Waals surface area contributed by atoms with Crippen molar-refractivity contribution in [2.45, 2.75) is 13.3 Å². The third-order valence-corrected chi connectivity index (χ3v) is 4.38. The van der Waals surface area contributed by atoms with Crippen LogP contribution in [0.25, 0.3) is 0 Å². The summed E-state index contributed by atoms with van der Waals surface area (Å²) in [5.74, 6) is -1.50. The van der Waals surface area contributed by atoms with Gasteiger partial charge in [0.15, 0.2) is 5.13 Å². The molecule has 7 nitrogen and oxygen atoms in total. The first-order chi connectivity index (χ1) is 12.5. The number of benzene rings is 1. The van der Waals surface area contributed by atoms with Crippen LogP contribution in [-0.4, -0.2) is 28.9 Å². The number of aliphatic imine (C=N–C) groups is 1. The molecule has 0 spiro atoms. The van der Waals surface area contributed by atoms with Crippen molar-refractivity contribution in [3.05, 3.63) is 53.1 Å². The zero-order valence-electron chi connectivity index (χ0n) is 13.9. The molecule has 1 aliphatic heterocycles. The first kappa shape index (κ1) is 17.7. The first-order valence-corrected chi connectivity index (χ1v) is 8.76. The predicted molar refractivity (Wildman–Crippen MR) is 100 cm³/mol. The van der Waals surface area contributed by atoms with Crippen molar-refractivity contribution < 1.29 is 14.4 Å². The molecular formula is C18H16N4O3S. The second-order valence-electron chi connectivity index (χ2n) is 5.73. The van der Waals surface area contributed by atoms with E-state index >= 15 is 0 Å². The van der Waals surface area contributed by atoms with Crippen LogP contribution in [0.3, 0.4) is 0 Å². The van der Waals surface area contributed by atoms with Crippen LogP contribution in [0.1, 0.15) is 11.3 Å². The Balaban J connectivity index is 1.54. The van der Waals surface area contributed by atoms with Crippen LogP contribution in [0, 0.1) is 12.8 Å². The van der Waals surface area contributed by atoms with Gasteiger partial charge in [-0.1, -0.05) is 23.8 Å². The number of aryl methyl sites for hydroxylation is 1. The molecule has 0 aliphatic carbocycles. The van der Waals surface area contributed by atoms with E-state index in [2.05, 4.69) is 20.6 Å². The highest BCUT2D eigenvalue weighted by molar-refractivity contribution is 7.14. The van der Waals surface area contributed by atoms with Crippen molar-refractivity contribution in [3.8, 4) is 0 Å². The van der Waals surface area contributed by atoms with Gasteiger partial charge in [0.05, 0.1) is 18.0 Å². The monoisotopic (exact) mass is 368 g/mol. The molecule has 8 heteroatoms. The Hall–Kier alpha value is -3.13. The average Bonchev–Trinajstić information content (AvgIpc) is 3.04. The minimum absolute atomic E-state index is 0.111. The lowest BCUT2D eigenvalue weighted by Crippen LogP contribution is -2.24. The lowest BCUT2D eigenvalue weighted by Gasteiger charge is -2.08. The fourth-order valence-electron chi connectivity index (χ4n) is 2.23. The zero-order chi connectivity index (χ0) is 18.5. The number of carbonyl (C=O) groups excluding carboxylic acids is 3. The Labute approximate surface area is 153 Å². The normalized spacial score (nSPS) is 15.7. The minimum Gasteiger partial charge on any atom is -0.326 e. The number of hydrogen-bond acceptors (Lipinski definition) is 5. The molecule has 0 bridgehead atoms. The van der Waals surface area contributed by atoms with Crippen molar-refractivity contribution in [1.29, 1.82) is 0 Å². The van der Waals surface area contributed by atoms with Crippen LogP contribution >= 0.6 is 11.3 Å². The summed E-state index contributed by atoms with van der Waals surface area (Å²) >= 11 is 1.23. The van der Waals surface area contributed by atoms with E-state index in [0.717, 1.165) is 11.3 Å². The van der Waals surface area contributed by atoms with Gasteiger partial charge in [-0.2, -0.15) is 0 Å². The molecule has 0 saturated heterocycles. The molecule has 1 aromatic heterocycles. The van der Waals surface area contributed by atoms with Crippen LogP contribution in [0.4, 0.5) is 10.8 Å². The van der Waals surface area contributed by atoms with Crippen molar-refractivity contribution in [2.75, 3.05) is 10.6 Å². The van der Waals surface area contributed by atoms with Crippen molar-refractivity contribution in [1.82, 2.24) is 4.98 Å². The summed E-state index contributed by atoms with van der Waals surface area (Å²) in [6.07, 6.45) is 4.14. The van der Waals surface area contributed by atoms with Gasteiger partial charge in [0.2, 0.25) is 11.8 Å². The van der Waals surface area contributed by atoms with E-state index in [1.807, 2.05) is 31.2 Å². The van der Waals surface area contributed by atoms with E-state index in [9.17, 15) is 14.4 Å². The maximum absolute atomic E-state index is 12.1. The van der Waals surface area contributed by atoms with E-state index in [1.165, 1.54) is 29.7 Å². The van der Waals surface area contributed by atoms with Crippen LogP contribution in [-0.2, 0) is 20.8 Å². The number of amides is 3. The minimum atomic E-state index is -0.607. The molecule has 1 aromatic carbocycles. The quantitative estimate of drug-likeness (QED) is 0.846. The topological polar surface area (TPSA) is 101 Å². The van der Waals surface area contributed by atoms with Gasteiger partial charge in [-0.05, 0) is 19.1 Å². The van der Waals surface area contributed by atoms with Crippen LogP contribution in [0.15, 0.2) is 46.8 Å². The summed E-state index contributed by atoms with van der Waals surface area (Å²) in [7, 11) is 0. The third-order valence-electron chi connectivity index (χ3n) is 3.57. The molecule has 2 aromatic rings. The molecule has 0 fully saturated rings. The molecule has 1 atom stereocenters. The lowest BCUT2D eigenvalue weighted by molar-refractivity contribution is -0.117. The SMILES string of the molecule is Cc1ccc(NC(=O)Cc2csc(NC(=O)C3C=CC(=O)N=C3)n2)cc1. The molecule has 26 heavy (non-hydrogen) atoms. The van der Waals surface area contributed by atoms with Gasteiger partial charge in [0, 0.05) is 23.4 Å². The van der Waals surface area contributed by atoms with Gasteiger partial charge in [0.1, 0.15) is 0 Å². The lowest BCUT2D eigenvalue weighted by atomic mass is 10.1. The standard InChI is InChI=1S/C18H16N4O3S/c1-11-2-5-13(6-3-11)20-16(24)8-14-10-26-18(21-14)22-17(25)12-4-7-15(23)19-9-12/h2-7,9-10,12H,8H2,1H3,(H,20,24)(H,21,22,25). The molecule has 1 unspecified atom stereocenters. The molecule has 3 rings (SSSR count). The highest BCUT2D eigenvalue weighted by Gasteiger charge is 2.18. The van der Waals surface area contributed by atoms with Crippen molar-refractivity contribution >= 4 is 46.1 Å². The molecule has 2 N–H and O–H groups in total. The van der Waals surface area contributed by atoms with Crippen LogP contribution in [0.5, 0.6) is 0 Å². The Kier molecular flexibility index (Phi) is 5.33. The molecule has 0 radical (unpaired) electrons. The number of dihydropyridines is 1. The van der Waals surface area contributed by atoms with Gasteiger partial charge in [-0.3, -0.25) is 14.4 Å². The molecule has 0 saturated carbocycles. The fraction of sp³-hybridized carbons (Fsp3) is 0.167. The average molecular weight is 368 g/mol. The zero-order valence-corrected chi connectivity index (χ0v) is 14.7.